The van der Waals surface area contributed by atoms with Crippen LogP contribution in [0.2, 0.25) is 0 Å². The van der Waals surface area contributed by atoms with Gasteiger partial charge >= 0.3 is 0 Å². The minimum atomic E-state index is -0.0852. The normalized spacial score (nSPS) is 16.3. The van der Waals surface area contributed by atoms with Crippen molar-refractivity contribution in [2.75, 3.05) is 5.73 Å². The van der Waals surface area contributed by atoms with Crippen LogP contribution in [0.5, 0.6) is 5.75 Å². The molecule has 2 rings (SSSR count). The molecular formula is C13H20ClNO. The Hall–Kier alpha value is -0.890. The standard InChI is InChI=1S/C13H19NO.ClH/c1-7-8(2)12-10(9(3)11(7)14)6-13(4,5)15-12;/h6,14H2,1-5H3;1H. The first kappa shape index (κ1) is 13.2. The van der Waals surface area contributed by atoms with Gasteiger partial charge in [-0.05, 0) is 51.3 Å². The van der Waals surface area contributed by atoms with Crippen LogP contribution in [-0.2, 0) is 6.42 Å². The molecule has 0 unspecified atom stereocenters. The number of nitrogens with two attached hydrogens (primary N) is 1. The first-order valence-electron chi connectivity index (χ1n) is 5.40. The highest BCUT2D eigenvalue weighted by atomic mass is 35.5. The molecule has 0 atom stereocenters. The number of nitrogen functional groups attached to an aromatic ring is 1. The van der Waals surface area contributed by atoms with Crippen LogP contribution in [0.1, 0.15) is 36.1 Å². The van der Waals surface area contributed by atoms with E-state index < -0.39 is 0 Å². The first-order chi connectivity index (χ1) is 6.83. The summed E-state index contributed by atoms with van der Waals surface area (Å²) < 4.78 is 5.99. The fourth-order valence-corrected chi connectivity index (χ4v) is 2.30. The summed E-state index contributed by atoms with van der Waals surface area (Å²) in [5.41, 5.74) is 11.8. The monoisotopic (exact) mass is 241 g/mol. The Morgan fingerprint density at radius 3 is 2.19 bits per heavy atom. The van der Waals surface area contributed by atoms with Gasteiger partial charge in [-0.1, -0.05) is 0 Å². The molecule has 1 aliphatic rings. The maximum atomic E-state index is 6.09. The summed E-state index contributed by atoms with van der Waals surface area (Å²) in [4.78, 5) is 0. The number of hydrogen-bond acceptors (Lipinski definition) is 2. The fourth-order valence-electron chi connectivity index (χ4n) is 2.30. The third kappa shape index (κ3) is 1.75. The molecule has 1 aromatic carbocycles. The van der Waals surface area contributed by atoms with E-state index in [9.17, 15) is 0 Å². The summed E-state index contributed by atoms with van der Waals surface area (Å²) >= 11 is 0. The number of benzene rings is 1. The van der Waals surface area contributed by atoms with E-state index in [0.717, 1.165) is 23.4 Å². The smallest absolute Gasteiger partial charge is 0.127 e. The molecule has 0 radical (unpaired) electrons. The molecule has 0 bridgehead atoms. The zero-order chi connectivity index (χ0) is 11.4. The maximum Gasteiger partial charge on any atom is 0.127 e. The molecule has 3 heteroatoms. The van der Waals surface area contributed by atoms with Crippen LogP contribution in [-0.4, -0.2) is 5.60 Å². The lowest BCUT2D eigenvalue weighted by Gasteiger charge is -2.18. The molecule has 0 saturated carbocycles. The Labute approximate surface area is 104 Å². The van der Waals surface area contributed by atoms with Gasteiger partial charge in [0.1, 0.15) is 11.4 Å². The minimum absolute atomic E-state index is 0. The van der Waals surface area contributed by atoms with Crippen LogP contribution in [0.15, 0.2) is 0 Å². The molecular weight excluding hydrogens is 222 g/mol. The van der Waals surface area contributed by atoms with Crippen LogP contribution in [0, 0.1) is 20.8 Å². The number of anilines is 1. The Morgan fingerprint density at radius 1 is 1.06 bits per heavy atom. The Morgan fingerprint density at radius 2 is 1.62 bits per heavy atom. The average Bonchev–Trinajstić information content (AvgIpc) is 2.48. The van der Waals surface area contributed by atoms with Crippen molar-refractivity contribution in [3.63, 3.8) is 0 Å². The van der Waals surface area contributed by atoms with Gasteiger partial charge in [0, 0.05) is 17.7 Å². The lowest BCUT2D eigenvalue weighted by molar-refractivity contribution is 0.137. The third-order valence-electron chi connectivity index (χ3n) is 3.42. The highest BCUT2D eigenvalue weighted by molar-refractivity contribution is 5.85. The van der Waals surface area contributed by atoms with E-state index in [1.54, 1.807) is 0 Å². The Balaban J connectivity index is 0.00000128. The zero-order valence-electron chi connectivity index (χ0n) is 10.6. The molecule has 0 aromatic heterocycles. The SMILES string of the molecule is Cc1c(C)c2c(c(C)c1N)CC(C)(C)O2.Cl. The van der Waals surface area contributed by atoms with Gasteiger partial charge in [0.05, 0.1) is 0 Å². The summed E-state index contributed by atoms with van der Waals surface area (Å²) in [7, 11) is 0. The average molecular weight is 242 g/mol. The number of ether oxygens (including phenoxy) is 1. The van der Waals surface area contributed by atoms with Crippen molar-refractivity contribution in [1.29, 1.82) is 0 Å². The van der Waals surface area contributed by atoms with E-state index >= 15 is 0 Å². The van der Waals surface area contributed by atoms with Crippen molar-refractivity contribution in [3.05, 3.63) is 22.3 Å². The summed E-state index contributed by atoms with van der Waals surface area (Å²) in [6, 6.07) is 0. The number of rotatable bonds is 0. The van der Waals surface area contributed by atoms with Crippen LogP contribution in [0.3, 0.4) is 0 Å². The second-order valence-corrected chi connectivity index (χ2v) is 5.13. The van der Waals surface area contributed by atoms with Crippen molar-refractivity contribution in [2.45, 2.75) is 46.6 Å². The van der Waals surface area contributed by atoms with Crippen molar-refractivity contribution in [3.8, 4) is 5.75 Å². The van der Waals surface area contributed by atoms with Crippen molar-refractivity contribution >= 4 is 18.1 Å². The van der Waals surface area contributed by atoms with E-state index in [1.165, 1.54) is 16.7 Å². The highest BCUT2D eigenvalue weighted by Crippen LogP contribution is 2.43. The first-order valence-corrected chi connectivity index (χ1v) is 5.40. The van der Waals surface area contributed by atoms with Crippen molar-refractivity contribution in [1.82, 2.24) is 0 Å². The minimum Gasteiger partial charge on any atom is -0.487 e. The molecule has 90 valence electrons. The molecule has 0 amide bonds. The van der Waals surface area contributed by atoms with Crippen LogP contribution in [0.4, 0.5) is 5.69 Å². The van der Waals surface area contributed by atoms with Crippen LogP contribution < -0.4 is 10.5 Å². The van der Waals surface area contributed by atoms with E-state index in [0.29, 0.717) is 0 Å². The summed E-state index contributed by atoms with van der Waals surface area (Å²) in [5, 5.41) is 0. The molecule has 1 heterocycles. The van der Waals surface area contributed by atoms with Gasteiger partial charge in [-0.2, -0.15) is 0 Å². The number of hydrogen-bond donors (Lipinski definition) is 1. The van der Waals surface area contributed by atoms with Gasteiger partial charge < -0.3 is 10.5 Å². The van der Waals surface area contributed by atoms with Gasteiger partial charge in [0.25, 0.3) is 0 Å². The molecule has 0 fully saturated rings. The molecule has 0 aliphatic carbocycles. The second kappa shape index (κ2) is 3.85. The maximum absolute atomic E-state index is 6.09. The van der Waals surface area contributed by atoms with Crippen LogP contribution in [0.25, 0.3) is 0 Å². The van der Waals surface area contributed by atoms with Crippen LogP contribution >= 0.6 is 12.4 Å². The molecule has 0 spiro atoms. The molecule has 1 aromatic rings. The Kier molecular flexibility index (Phi) is 3.17. The van der Waals surface area contributed by atoms with E-state index in [4.69, 9.17) is 10.5 Å². The molecule has 2 nitrogen and oxygen atoms in total. The lowest BCUT2D eigenvalue weighted by atomic mass is 9.93. The molecule has 0 saturated heterocycles. The molecule has 16 heavy (non-hydrogen) atoms. The fraction of sp³-hybridized carbons (Fsp3) is 0.538. The lowest BCUT2D eigenvalue weighted by Crippen LogP contribution is -2.24. The predicted octanol–water partition coefficient (Wildman–Crippen LogP) is 3.33. The summed E-state index contributed by atoms with van der Waals surface area (Å²) in [6.07, 6.45) is 0.958. The van der Waals surface area contributed by atoms with E-state index in [1.807, 2.05) is 0 Å². The van der Waals surface area contributed by atoms with Crippen molar-refractivity contribution in [2.24, 2.45) is 0 Å². The predicted molar refractivity (Wildman–Crippen MR) is 70.7 cm³/mol. The number of fused-ring (bicyclic) bond motifs is 1. The molecule has 1 aliphatic heterocycles. The van der Waals surface area contributed by atoms with Crippen molar-refractivity contribution < 1.29 is 4.74 Å². The van der Waals surface area contributed by atoms with Gasteiger partial charge in [-0.25, -0.2) is 0 Å². The van der Waals surface area contributed by atoms with Gasteiger partial charge in [-0.3, -0.25) is 0 Å². The Bertz CT molecular complexity index is 399. The third-order valence-corrected chi connectivity index (χ3v) is 3.42. The largest absolute Gasteiger partial charge is 0.487 e. The van der Waals surface area contributed by atoms with E-state index in [-0.39, 0.29) is 18.0 Å². The van der Waals surface area contributed by atoms with Gasteiger partial charge in [0.2, 0.25) is 0 Å². The topological polar surface area (TPSA) is 35.2 Å². The quantitative estimate of drug-likeness (QED) is 0.708. The zero-order valence-corrected chi connectivity index (χ0v) is 11.4. The number of halogens is 1. The van der Waals surface area contributed by atoms with E-state index in [2.05, 4.69) is 34.6 Å². The summed E-state index contributed by atoms with van der Waals surface area (Å²) in [5.74, 6) is 1.06. The van der Waals surface area contributed by atoms with Gasteiger partial charge in [-0.15, -0.1) is 12.4 Å². The van der Waals surface area contributed by atoms with Gasteiger partial charge in [0.15, 0.2) is 0 Å². The molecule has 2 N–H and O–H groups in total. The highest BCUT2D eigenvalue weighted by Gasteiger charge is 2.33. The second-order valence-electron chi connectivity index (χ2n) is 5.13. The summed E-state index contributed by atoms with van der Waals surface area (Å²) in [6.45, 7) is 10.5.